The molecule has 0 spiro atoms. The summed E-state index contributed by atoms with van der Waals surface area (Å²) in [5.74, 6) is -1.45. The van der Waals surface area contributed by atoms with Crippen molar-refractivity contribution in [1.29, 1.82) is 0 Å². The number of esters is 2. The van der Waals surface area contributed by atoms with Gasteiger partial charge in [0.1, 0.15) is 0 Å². The van der Waals surface area contributed by atoms with E-state index in [0.29, 0.717) is 5.02 Å². The topological polar surface area (TPSA) is 52.6 Å². The molecule has 164 valence electrons. The van der Waals surface area contributed by atoms with Crippen LogP contribution in [0.3, 0.4) is 0 Å². The Bertz CT molecular complexity index is 651. The summed E-state index contributed by atoms with van der Waals surface area (Å²) in [6, 6.07) is 2.82. The van der Waals surface area contributed by atoms with Crippen LogP contribution >= 0.6 is 34.8 Å². The number of carbonyl (C=O) groups excluding carboxylic acids is 2. The van der Waals surface area contributed by atoms with Gasteiger partial charge < -0.3 is 9.47 Å². The summed E-state index contributed by atoms with van der Waals surface area (Å²) in [7, 11) is 0. The van der Waals surface area contributed by atoms with Gasteiger partial charge in [-0.25, -0.2) is 0 Å². The third-order valence-corrected chi connectivity index (χ3v) is 5.44. The smallest absolute Gasteiger partial charge is 0.328 e. The SMILES string of the molecule is CCCCCCCCCCCOC(=O)C(C)(C)C(=O)Oc1c(Cl)cc(Cl)cc1Cl. The molecule has 0 atom stereocenters. The third-order valence-electron chi connectivity index (χ3n) is 4.66. The Labute approximate surface area is 189 Å². The summed E-state index contributed by atoms with van der Waals surface area (Å²) in [6.07, 6.45) is 10.5. The molecule has 1 aromatic rings. The molecule has 0 aliphatic carbocycles. The van der Waals surface area contributed by atoms with Crippen molar-refractivity contribution in [3.8, 4) is 5.75 Å². The fourth-order valence-corrected chi connectivity index (χ4v) is 3.58. The molecule has 0 amide bonds. The highest BCUT2D eigenvalue weighted by atomic mass is 35.5. The van der Waals surface area contributed by atoms with Crippen molar-refractivity contribution in [2.24, 2.45) is 5.41 Å². The van der Waals surface area contributed by atoms with E-state index in [1.54, 1.807) is 0 Å². The number of halogens is 3. The summed E-state index contributed by atoms with van der Waals surface area (Å²) in [5.41, 5.74) is -1.48. The lowest BCUT2D eigenvalue weighted by atomic mass is 9.94. The Hall–Kier alpha value is -0.970. The molecular formula is C22H31Cl3O4. The molecule has 7 heteroatoms. The summed E-state index contributed by atoms with van der Waals surface area (Å²) in [5, 5.41) is 0.504. The molecule has 0 fully saturated rings. The van der Waals surface area contributed by atoms with E-state index in [-0.39, 0.29) is 22.4 Å². The molecule has 0 aliphatic rings. The molecule has 0 unspecified atom stereocenters. The van der Waals surface area contributed by atoms with Crippen molar-refractivity contribution in [3.05, 3.63) is 27.2 Å². The van der Waals surface area contributed by atoms with Gasteiger partial charge in [-0.1, -0.05) is 93.1 Å². The van der Waals surface area contributed by atoms with Crippen LogP contribution in [0.5, 0.6) is 5.75 Å². The lowest BCUT2D eigenvalue weighted by Gasteiger charge is -2.21. The maximum Gasteiger partial charge on any atom is 0.328 e. The highest BCUT2D eigenvalue weighted by Gasteiger charge is 2.40. The number of carbonyl (C=O) groups is 2. The quantitative estimate of drug-likeness (QED) is 0.130. The normalized spacial score (nSPS) is 11.4. The Morgan fingerprint density at radius 1 is 0.828 bits per heavy atom. The second-order valence-corrected chi connectivity index (χ2v) is 8.93. The molecule has 29 heavy (non-hydrogen) atoms. The lowest BCUT2D eigenvalue weighted by Crippen LogP contribution is -2.38. The van der Waals surface area contributed by atoms with Crippen LogP contribution in [-0.4, -0.2) is 18.5 Å². The van der Waals surface area contributed by atoms with Crippen LogP contribution in [0.15, 0.2) is 12.1 Å². The second-order valence-electron chi connectivity index (χ2n) is 7.68. The van der Waals surface area contributed by atoms with Gasteiger partial charge in [0.2, 0.25) is 0 Å². The Morgan fingerprint density at radius 3 is 1.83 bits per heavy atom. The van der Waals surface area contributed by atoms with Crippen LogP contribution < -0.4 is 4.74 Å². The average molecular weight is 466 g/mol. The summed E-state index contributed by atoms with van der Waals surface area (Å²) < 4.78 is 10.5. The second kappa shape index (κ2) is 13.4. The number of ether oxygens (including phenoxy) is 2. The van der Waals surface area contributed by atoms with E-state index in [2.05, 4.69) is 6.92 Å². The van der Waals surface area contributed by atoms with E-state index in [4.69, 9.17) is 44.3 Å². The van der Waals surface area contributed by atoms with Crippen molar-refractivity contribution in [2.45, 2.75) is 78.6 Å². The molecule has 1 aromatic carbocycles. The van der Waals surface area contributed by atoms with Crippen LogP contribution in [0.2, 0.25) is 15.1 Å². The van der Waals surface area contributed by atoms with Crippen molar-refractivity contribution < 1.29 is 19.1 Å². The van der Waals surface area contributed by atoms with E-state index in [9.17, 15) is 9.59 Å². The molecule has 0 N–H and O–H groups in total. The van der Waals surface area contributed by atoms with Crippen molar-refractivity contribution >= 4 is 46.7 Å². The van der Waals surface area contributed by atoms with Gasteiger partial charge in [0.05, 0.1) is 16.7 Å². The number of unbranched alkanes of at least 4 members (excludes halogenated alkanes) is 8. The van der Waals surface area contributed by atoms with Gasteiger partial charge in [-0.15, -0.1) is 0 Å². The third kappa shape index (κ3) is 9.15. The molecule has 0 saturated heterocycles. The largest absolute Gasteiger partial charge is 0.465 e. The first-order valence-electron chi connectivity index (χ1n) is 10.2. The molecule has 0 heterocycles. The Morgan fingerprint density at radius 2 is 1.31 bits per heavy atom. The van der Waals surface area contributed by atoms with Gasteiger partial charge >= 0.3 is 11.9 Å². The molecule has 1 rings (SSSR count). The van der Waals surface area contributed by atoms with Crippen molar-refractivity contribution in [3.63, 3.8) is 0 Å². The van der Waals surface area contributed by atoms with E-state index < -0.39 is 17.4 Å². The molecule has 0 bridgehead atoms. The first-order valence-corrected chi connectivity index (χ1v) is 11.4. The Balaban J connectivity index is 2.36. The standard InChI is InChI=1S/C22H31Cl3O4/c1-4-5-6-7-8-9-10-11-12-13-28-20(26)22(2,3)21(27)29-19-17(24)14-16(23)15-18(19)25/h14-15H,4-13H2,1-3H3. The molecule has 0 aromatic heterocycles. The van der Waals surface area contributed by atoms with Crippen LogP contribution in [0, 0.1) is 5.41 Å². The van der Waals surface area contributed by atoms with Gasteiger partial charge in [0.25, 0.3) is 0 Å². The highest BCUT2D eigenvalue weighted by Crippen LogP contribution is 2.37. The predicted octanol–water partition coefficient (Wildman–Crippen LogP) is 7.65. The molecule has 0 radical (unpaired) electrons. The van der Waals surface area contributed by atoms with E-state index in [1.165, 1.54) is 64.5 Å². The van der Waals surface area contributed by atoms with E-state index >= 15 is 0 Å². The first-order chi connectivity index (χ1) is 13.7. The van der Waals surface area contributed by atoms with Crippen LogP contribution in [-0.2, 0) is 14.3 Å². The number of rotatable bonds is 13. The predicted molar refractivity (Wildman–Crippen MR) is 119 cm³/mol. The van der Waals surface area contributed by atoms with Crippen LogP contribution in [0.1, 0.15) is 78.6 Å². The summed E-state index contributed by atoms with van der Waals surface area (Å²) in [6.45, 7) is 5.40. The zero-order valence-corrected chi connectivity index (χ0v) is 19.8. The average Bonchev–Trinajstić information content (AvgIpc) is 2.65. The van der Waals surface area contributed by atoms with Crippen molar-refractivity contribution in [2.75, 3.05) is 6.61 Å². The minimum atomic E-state index is -1.48. The number of hydrogen-bond donors (Lipinski definition) is 0. The Kier molecular flexibility index (Phi) is 12.0. The zero-order chi connectivity index (χ0) is 21.9. The highest BCUT2D eigenvalue weighted by molar-refractivity contribution is 6.40. The first kappa shape index (κ1) is 26.1. The minimum absolute atomic E-state index is 0.0254. The van der Waals surface area contributed by atoms with Crippen LogP contribution in [0.25, 0.3) is 0 Å². The van der Waals surface area contributed by atoms with Gasteiger partial charge in [-0.2, -0.15) is 0 Å². The van der Waals surface area contributed by atoms with Gasteiger partial charge in [-0.05, 0) is 32.4 Å². The maximum absolute atomic E-state index is 12.5. The number of benzene rings is 1. The van der Waals surface area contributed by atoms with E-state index in [0.717, 1.165) is 19.3 Å². The van der Waals surface area contributed by atoms with Gasteiger partial charge in [0, 0.05) is 5.02 Å². The summed E-state index contributed by atoms with van der Waals surface area (Å²) >= 11 is 17.9. The van der Waals surface area contributed by atoms with Crippen molar-refractivity contribution in [1.82, 2.24) is 0 Å². The van der Waals surface area contributed by atoms with Gasteiger partial charge in [0.15, 0.2) is 11.2 Å². The van der Waals surface area contributed by atoms with Crippen LogP contribution in [0.4, 0.5) is 0 Å². The number of hydrogen-bond acceptors (Lipinski definition) is 4. The van der Waals surface area contributed by atoms with E-state index in [1.807, 2.05) is 0 Å². The monoisotopic (exact) mass is 464 g/mol. The fourth-order valence-electron chi connectivity index (χ4n) is 2.69. The molecular weight excluding hydrogens is 435 g/mol. The summed E-state index contributed by atoms with van der Waals surface area (Å²) in [4.78, 5) is 24.8. The molecule has 0 aliphatic heterocycles. The molecule has 4 nitrogen and oxygen atoms in total. The molecule has 0 saturated carbocycles. The maximum atomic E-state index is 12.5. The minimum Gasteiger partial charge on any atom is -0.465 e. The lowest BCUT2D eigenvalue weighted by molar-refractivity contribution is -0.164. The zero-order valence-electron chi connectivity index (χ0n) is 17.5. The van der Waals surface area contributed by atoms with Gasteiger partial charge in [-0.3, -0.25) is 9.59 Å². The fraction of sp³-hybridized carbons (Fsp3) is 0.636.